The predicted molar refractivity (Wildman–Crippen MR) is 98.7 cm³/mol. The Morgan fingerprint density at radius 2 is 1.92 bits per heavy atom. The van der Waals surface area contributed by atoms with Crippen LogP contribution in [0, 0.1) is 0 Å². The molecule has 1 amide bonds. The third kappa shape index (κ3) is 6.19. The lowest BCUT2D eigenvalue weighted by molar-refractivity contribution is -0.130. The summed E-state index contributed by atoms with van der Waals surface area (Å²) in [5, 5.41) is 8.18. The molecular weight excluding hydrogens is 338 g/mol. The van der Waals surface area contributed by atoms with Gasteiger partial charge in [0.1, 0.15) is 0 Å². The van der Waals surface area contributed by atoms with E-state index in [-0.39, 0.29) is 17.1 Å². The first kappa shape index (κ1) is 18.9. The highest BCUT2D eigenvalue weighted by Crippen LogP contribution is 2.17. The SMILES string of the molecule is CC(OC(=O)c1csc(NCc2ccccc2)n1)C(=O)NC(C)(C)C. The predicted octanol–water partition coefficient (Wildman–Crippen LogP) is 3.22. The molecule has 1 unspecified atom stereocenters. The van der Waals surface area contributed by atoms with Crippen LogP contribution in [0.5, 0.6) is 0 Å². The fourth-order valence-electron chi connectivity index (χ4n) is 1.97. The number of nitrogens with one attached hydrogen (secondary N) is 2. The molecule has 0 aliphatic rings. The molecule has 2 aromatic rings. The summed E-state index contributed by atoms with van der Waals surface area (Å²) in [4.78, 5) is 28.3. The maximum atomic E-state index is 12.1. The molecular formula is C18H23N3O3S. The molecule has 0 bridgehead atoms. The molecule has 2 N–H and O–H groups in total. The van der Waals surface area contributed by atoms with Crippen molar-refractivity contribution in [2.75, 3.05) is 5.32 Å². The van der Waals surface area contributed by atoms with Gasteiger partial charge in [-0.05, 0) is 33.3 Å². The summed E-state index contributed by atoms with van der Waals surface area (Å²) in [5.41, 5.74) is 0.928. The van der Waals surface area contributed by atoms with E-state index in [1.54, 1.807) is 12.3 Å². The van der Waals surface area contributed by atoms with Crippen LogP contribution in [0.25, 0.3) is 0 Å². The van der Waals surface area contributed by atoms with Crippen molar-refractivity contribution in [1.82, 2.24) is 10.3 Å². The molecule has 2 rings (SSSR count). The number of rotatable bonds is 6. The van der Waals surface area contributed by atoms with Gasteiger partial charge in [0.2, 0.25) is 0 Å². The zero-order valence-corrected chi connectivity index (χ0v) is 15.6. The normalized spacial score (nSPS) is 12.3. The van der Waals surface area contributed by atoms with Crippen LogP contribution in [0.15, 0.2) is 35.7 Å². The van der Waals surface area contributed by atoms with Crippen LogP contribution in [-0.4, -0.2) is 28.5 Å². The lowest BCUT2D eigenvalue weighted by Gasteiger charge is -2.23. The van der Waals surface area contributed by atoms with E-state index in [2.05, 4.69) is 15.6 Å². The lowest BCUT2D eigenvalue weighted by Crippen LogP contribution is -2.46. The van der Waals surface area contributed by atoms with Crippen LogP contribution >= 0.6 is 11.3 Å². The summed E-state index contributed by atoms with van der Waals surface area (Å²) in [6, 6.07) is 9.89. The second kappa shape index (κ2) is 8.11. The molecule has 1 heterocycles. The van der Waals surface area contributed by atoms with Gasteiger partial charge in [0.15, 0.2) is 16.9 Å². The minimum atomic E-state index is -0.880. The number of ether oxygens (including phenoxy) is 1. The number of amides is 1. The second-order valence-electron chi connectivity index (χ2n) is 6.66. The van der Waals surface area contributed by atoms with Gasteiger partial charge in [0.05, 0.1) is 0 Å². The Hall–Kier alpha value is -2.41. The summed E-state index contributed by atoms with van der Waals surface area (Å²) >= 11 is 1.32. The third-order valence-electron chi connectivity index (χ3n) is 3.15. The van der Waals surface area contributed by atoms with Gasteiger partial charge < -0.3 is 15.4 Å². The topological polar surface area (TPSA) is 80.3 Å². The number of carbonyl (C=O) groups excluding carboxylic acids is 2. The molecule has 1 aromatic heterocycles. The largest absolute Gasteiger partial charge is 0.448 e. The third-order valence-corrected chi connectivity index (χ3v) is 3.95. The maximum Gasteiger partial charge on any atom is 0.358 e. The van der Waals surface area contributed by atoms with E-state index >= 15 is 0 Å². The summed E-state index contributed by atoms with van der Waals surface area (Å²) < 4.78 is 5.19. The molecule has 0 saturated carbocycles. The molecule has 1 aromatic carbocycles. The second-order valence-corrected chi connectivity index (χ2v) is 7.52. The van der Waals surface area contributed by atoms with Crippen molar-refractivity contribution >= 4 is 28.3 Å². The minimum absolute atomic E-state index is 0.191. The van der Waals surface area contributed by atoms with Crippen LogP contribution in [-0.2, 0) is 16.1 Å². The van der Waals surface area contributed by atoms with Gasteiger partial charge in [0.25, 0.3) is 5.91 Å². The van der Waals surface area contributed by atoms with Gasteiger partial charge in [-0.1, -0.05) is 30.3 Å². The quantitative estimate of drug-likeness (QED) is 0.772. The first-order chi connectivity index (χ1) is 11.7. The van der Waals surface area contributed by atoms with E-state index in [0.717, 1.165) is 5.56 Å². The van der Waals surface area contributed by atoms with Crippen molar-refractivity contribution in [3.63, 3.8) is 0 Å². The summed E-state index contributed by atoms with van der Waals surface area (Å²) in [5.74, 6) is -0.945. The van der Waals surface area contributed by atoms with E-state index in [0.29, 0.717) is 11.7 Å². The number of esters is 1. The average Bonchev–Trinajstić information content (AvgIpc) is 3.01. The molecule has 7 heteroatoms. The number of thiazole rings is 1. The van der Waals surface area contributed by atoms with E-state index in [1.165, 1.54) is 11.3 Å². The van der Waals surface area contributed by atoms with Crippen LogP contribution in [0.2, 0.25) is 0 Å². The zero-order valence-electron chi connectivity index (χ0n) is 14.8. The molecule has 6 nitrogen and oxygen atoms in total. The number of benzene rings is 1. The Bertz CT molecular complexity index is 723. The van der Waals surface area contributed by atoms with Crippen LogP contribution < -0.4 is 10.6 Å². The van der Waals surface area contributed by atoms with Crippen molar-refractivity contribution in [2.45, 2.75) is 45.9 Å². The number of hydrogen-bond donors (Lipinski definition) is 2. The van der Waals surface area contributed by atoms with Crippen LogP contribution in [0.4, 0.5) is 5.13 Å². The molecule has 0 spiro atoms. The highest BCUT2D eigenvalue weighted by Gasteiger charge is 2.24. The van der Waals surface area contributed by atoms with Crippen molar-refractivity contribution in [3.05, 3.63) is 47.0 Å². The van der Waals surface area contributed by atoms with Crippen molar-refractivity contribution in [1.29, 1.82) is 0 Å². The number of hydrogen-bond acceptors (Lipinski definition) is 6. The zero-order chi connectivity index (χ0) is 18.4. The summed E-state index contributed by atoms with van der Waals surface area (Å²) in [7, 11) is 0. The van der Waals surface area contributed by atoms with Gasteiger partial charge in [-0.3, -0.25) is 4.79 Å². The molecule has 0 saturated heterocycles. The van der Waals surface area contributed by atoms with Gasteiger partial charge in [0, 0.05) is 17.5 Å². The molecule has 1 atom stereocenters. The Morgan fingerprint density at radius 3 is 2.56 bits per heavy atom. The standard InChI is InChI=1S/C18H23N3O3S/c1-12(15(22)21-18(2,3)4)24-16(23)14-11-25-17(20-14)19-10-13-8-6-5-7-9-13/h5-9,11-12H,10H2,1-4H3,(H,19,20)(H,21,22). The van der Waals surface area contributed by atoms with Crippen molar-refractivity contribution in [3.8, 4) is 0 Å². The Balaban J connectivity index is 1.88. The molecule has 0 aliphatic carbocycles. The average molecular weight is 361 g/mol. The van der Waals surface area contributed by atoms with Crippen molar-refractivity contribution < 1.29 is 14.3 Å². The minimum Gasteiger partial charge on any atom is -0.448 e. The van der Waals surface area contributed by atoms with Crippen LogP contribution in [0.3, 0.4) is 0 Å². The molecule has 25 heavy (non-hydrogen) atoms. The fraction of sp³-hybridized carbons (Fsp3) is 0.389. The first-order valence-electron chi connectivity index (χ1n) is 8.01. The van der Waals surface area contributed by atoms with Crippen LogP contribution in [0.1, 0.15) is 43.7 Å². The first-order valence-corrected chi connectivity index (χ1v) is 8.89. The van der Waals surface area contributed by atoms with E-state index in [9.17, 15) is 9.59 Å². The smallest absolute Gasteiger partial charge is 0.358 e. The number of aromatic nitrogens is 1. The van der Waals surface area contributed by atoms with E-state index in [1.807, 2.05) is 51.1 Å². The van der Waals surface area contributed by atoms with E-state index < -0.39 is 12.1 Å². The lowest BCUT2D eigenvalue weighted by atomic mass is 10.1. The molecule has 0 fully saturated rings. The molecule has 0 radical (unpaired) electrons. The van der Waals surface area contributed by atoms with E-state index in [4.69, 9.17) is 4.74 Å². The summed E-state index contributed by atoms with van der Waals surface area (Å²) in [6.45, 7) is 7.76. The maximum absolute atomic E-state index is 12.1. The number of carbonyl (C=O) groups is 2. The van der Waals surface area contributed by atoms with Gasteiger partial charge in [-0.15, -0.1) is 11.3 Å². The molecule has 134 valence electrons. The van der Waals surface area contributed by atoms with Gasteiger partial charge in [-0.25, -0.2) is 9.78 Å². The number of anilines is 1. The Labute approximate surface area is 151 Å². The Kier molecular flexibility index (Phi) is 6.14. The van der Waals surface area contributed by atoms with Gasteiger partial charge >= 0.3 is 5.97 Å². The highest BCUT2D eigenvalue weighted by atomic mass is 32.1. The monoisotopic (exact) mass is 361 g/mol. The number of nitrogens with zero attached hydrogens (tertiary/aromatic N) is 1. The highest BCUT2D eigenvalue weighted by molar-refractivity contribution is 7.13. The molecule has 0 aliphatic heterocycles. The van der Waals surface area contributed by atoms with Gasteiger partial charge in [-0.2, -0.15) is 0 Å². The fourth-order valence-corrected chi connectivity index (χ4v) is 2.65. The summed E-state index contributed by atoms with van der Waals surface area (Å²) in [6.07, 6.45) is -0.880. The van der Waals surface area contributed by atoms with Crippen molar-refractivity contribution in [2.24, 2.45) is 0 Å². The Morgan fingerprint density at radius 1 is 1.24 bits per heavy atom.